The average Bonchev–Trinajstić information content (AvgIpc) is 3.29. The van der Waals surface area contributed by atoms with Gasteiger partial charge in [-0.15, -0.1) is 0 Å². The van der Waals surface area contributed by atoms with Gasteiger partial charge in [0, 0.05) is 41.2 Å². The Hall–Kier alpha value is -1.40. The first-order valence-electron chi connectivity index (χ1n) is 7.45. The van der Waals surface area contributed by atoms with E-state index >= 15 is 0 Å². The first-order chi connectivity index (χ1) is 10.6. The highest BCUT2D eigenvalue weighted by atomic mass is 79.9. The molecule has 110 valence electrons. The van der Waals surface area contributed by atoms with Crippen LogP contribution in [-0.4, -0.2) is 53.8 Å². The SMILES string of the molecule is [B]N1CCN(C(=O)c2ccnc3ccc(Br)cc23)CC12CC2. The highest BCUT2D eigenvalue weighted by Gasteiger charge is 2.49. The lowest BCUT2D eigenvalue weighted by atomic mass is 10.0. The Morgan fingerprint density at radius 1 is 1.27 bits per heavy atom. The van der Waals surface area contributed by atoms with Gasteiger partial charge in [-0.2, -0.15) is 0 Å². The number of hydrogen-bond acceptors (Lipinski definition) is 3. The van der Waals surface area contributed by atoms with E-state index in [0.717, 1.165) is 41.3 Å². The third kappa shape index (κ3) is 2.25. The molecule has 2 fully saturated rings. The number of carbonyl (C=O) groups excluding carboxylic acids is 1. The second-order valence-corrected chi connectivity index (χ2v) is 7.08. The summed E-state index contributed by atoms with van der Waals surface area (Å²) in [5.74, 6) is 0.0740. The van der Waals surface area contributed by atoms with Crippen LogP contribution >= 0.6 is 15.9 Å². The van der Waals surface area contributed by atoms with Crippen LogP contribution in [0.3, 0.4) is 0 Å². The van der Waals surface area contributed by atoms with Crippen molar-refractivity contribution in [3.05, 3.63) is 40.5 Å². The number of hydrogen-bond donors (Lipinski definition) is 0. The zero-order valence-electron chi connectivity index (χ0n) is 12.1. The van der Waals surface area contributed by atoms with Crippen LogP contribution in [0.25, 0.3) is 10.9 Å². The van der Waals surface area contributed by atoms with Crippen LogP contribution in [0.4, 0.5) is 0 Å². The summed E-state index contributed by atoms with van der Waals surface area (Å²) in [6, 6.07) is 7.64. The number of benzene rings is 1. The monoisotopic (exact) mass is 355 g/mol. The minimum atomic E-state index is 0.0251. The van der Waals surface area contributed by atoms with Crippen LogP contribution in [0, 0.1) is 0 Å². The molecular weight excluding hydrogens is 341 g/mol. The van der Waals surface area contributed by atoms with E-state index < -0.39 is 0 Å². The quantitative estimate of drug-likeness (QED) is 0.737. The highest BCUT2D eigenvalue weighted by Crippen LogP contribution is 2.43. The summed E-state index contributed by atoms with van der Waals surface area (Å²) in [5, 5.41) is 0.891. The number of halogens is 1. The van der Waals surface area contributed by atoms with Crippen LogP contribution in [0.15, 0.2) is 34.9 Å². The van der Waals surface area contributed by atoms with Gasteiger partial charge in [0.05, 0.1) is 11.1 Å². The zero-order valence-corrected chi connectivity index (χ0v) is 13.7. The Labute approximate surface area is 139 Å². The van der Waals surface area contributed by atoms with Crippen molar-refractivity contribution < 1.29 is 4.79 Å². The van der Waals surface area contributed by atoms with Crippen molar-refractivity contribution in [2.45, 2.75) is 18.4 Å². The van der Waals surface area contributed by atoms with E-state index in [1.165, 1.54) is 0 Å². The molecule has 1 aromatic carbocycles. The molecule has 1 aliphatic heterocycles. The number of nitrogens with zero attached hydrogens (tertiary/aromatic N) is 3. The van der Waals surface area contributed by atoms with Gasteiger partial charge in [0.25, 0.3) is 5.91 Å². The first-order valence-corrected chi connectivity index (χ1v) is 8.24. The minimum absolute atomic E-state index is 0.0251. The normalized spacial score (nSPS) is 20.5. The van der Waals surface area contributed by atoms with Crippen molar-refractivity contribution in [3.8, 4) is 0 Å². The Kier molecular flexibility index (Phi) is 3.27. The molecule has 0 N–H and O–H groups in total. The maximum atomic E-state index is 13.0. The molecule has 0 bridgehead atoms. The van der Waals surface area contributed by atoms with Gasteiger partial charge in [-0.05, 0) is 37.1 Å². The topological polar surface area (TPSA) is 36.4 Å². The largest absolute Gasteiger partial charge is 0.346 e. The molecule has 2 aliphatic rings. The van der Waals surface area contributed by atoms with Gasteiger partial charge in [-0.3, -0.25) is 9.78 Å². The van der Waals surface area contributed by atoms with Crippen molar-refractivity contribution in [2.75, 3.05) is 19.6 Å². The Bertz CT molecular complexity index is 762. The summed E-state index contributed by atoms with van der Waals surface area (Å²) in [6.07, 6.45) is 3.86. The maximum absolute atomic E-state index is 13.0. The van der Waals surface area contributed by atoms with Gasteiger partial charge < -0.3 is 9.71 Å². The lowest BCUT2D eigenvalue weighted by Gasteiger charge is -2.40. The molecule has 4 nitrogen and oxygen atoms in total. The molecule has 1 aromatic heterocycles. The van der Waals surface area contributed by atoms with Crippen LogP contribution < -0.4 is 0 Å². The lowest BCUT2D eigenvalue weighted by molar-refractivity contribution is 0.0605. The lowest BCUT2D eigenvalue weighted by Crippen LogP contribution is -2.55. The molecule has 1 saturated carbocycles. The van der Waals surface area contributed by atoms with E-state index in [1.54, 1.807) is 6.20 Å². The number of rotatable bonds is 1. The first kappa shape index (κ1) is 14.2. The van der Waals surface area contributed by atoms with E-state index in [0.29, 0.717) is 12.1 Å². The molecular formula is C16H15BBrN3O. The van der Waals surface area contributed by atoms with E-state index in [-0.39, 0.29) is 11.4 Å². The summed E-state index contributed by atoms with van der Waals surface area (Å²) in [4.78, 5) is 21.2. The fourth-order valence-electron chi connectivity index (χ4n) is 3.23. The summed E-state index contributed by atoms with van der Waals surface area (Å²) < 4.78 is 0.951. The molecule has 0 atom stereocenters. The van der Waals surface area contributed by atoms with Crippen molar-refractivity contribution >= 4 is 40.7 Å². The molecule has 0 unspecified atom stereocenters. The maximum Gasteiger partial charge on any atom is 0.254 e. The van der Waals surface area contributed by atoms with Crippen LogP contribution in [-0.2, 0) is 0 Å². The molecule has 4 rings (SSSR count). The molecule has 1 saturated heterocycles. The van der Waals surface area contributed by atoms with Gasteiger partial charge in [-0.25, -0.2) is 0 Å². The molecule has 2 heterocycles. The third-order valence-electron chi connectivity index (χ3n) is 4.75. The summed E-state index contributed by atoms with van der Waals surface area (Å²) in [7, 11) is 6.07. The van der Waals surface area contributed by atoms with Crippen LogP contribution in [0.2, 0.25) is 0 Å². The molecule has 1 aliphatic carbocycles. The van der Waals surface area contributed by atoms with Crippen molar-refractivity contribution in [3.63, 3.8) is 0 Å². The third-order valence-corrected chi connectivity index (χ3v) is 5.25. The number of aromatic nitrogens is 1. The zero-order chi connectivity index (χ0) is 15.3. The molecule has 6 heteroatoms. The summed E-state index contributed by atoms with van der Waals surface area (Å²) >= 11 is 3.47. The van der Waals surface area contributed by atoms with Crippen LogP contribution in [0.1, 0.15) is 23.2 Å². The number of piperazine rings is 1. The van der Waals surface area contributed by atoms with Crippen molar-refractivity contribution in [2.24, 2.45) is 0 Å². The predicted molar refractivity (Wildman–Crippen MR) is 89.8 cm³/mol. The molecule has 1 spiro atoms. The van der Waals surface area contributed by atoms with Gasteiger partial charge in [0.1, 0.15) is 0 Å². The number of amides is 1. The van der Waals surface area contributed by atoms with Gasteiger partial charge in [0.2, 0.25) is 0 Å². The minimum Gasteiger partial charge on any atom is -0.346 e. The van der Waals surface area contributed by atoms with E-state index in [4.69, 9.17) is 7.98 Å². The highest BCUT2D eigenvalue weighted by molar-refractivity contribution is 9.10. The fraction of sp³-hybridized carbons (Fsp3) is 0.375. The molecule has 22 heavy (non-hydrogen) atoms. The number of fused-ring (bicyclic) bond motifs is 1. The standard InChI is InChI=1S/C16H15BBrN3O/c17-21-8-7-20(10-16(21)4-5-16)15(22)12-3-6-19-14-2-1-11(18)9-13(12)14/h1-3,6,9H,4-5,7-8,10H2. The second-order valence-electron chi connectivity index (χ2n) is 6.16. The number of pyridine rings is 1. The Morgan fingerprint density at radius 3 is 2.86 bits per heavy atom. The van der Waals surface area contributed by atoms with Gasteiger partial charge in [0.15, 0.2) is 7.98 Å². The average molecular weight is 356 g/mol. The Morgan fingerprint density at radius 2 is 2.09 bits per heavy atom. The summed E-state index contributed by atoms with van der Waals surface area (Å²) in [6.45, 7) is 2.13. The van der Waals surface area contributed by atoms with Crippen molar-refractivity contribution in [1.29, 1.82) is 0 Å². The molecule has 2 aromatic rings. The second kappa shape index (κ2) is 5.06. The number of carbonyl (C=O) groups is 1. The van der Waals surface area contributed by atoms with Crippen molar-refractivity contribution in [1.82, 2.24) is 14.7 Å². The van der Waals surface area contributed by atoms with E-state index in [9.17, 15) is 4.79 Å². The van der Waals surface area contributed by atoms with Crippen LogP contribution in [0.5, 0.6) is 0 Å². The van der Waals surface area contributed by atoms with E-state index in [1.807, 2.05) is 34.0 Å². The van der Waals surface area contributed by atoms with Gasteiger partial charge in [-0.1, -0.05) is 15.9 Å². The fourth-order valence-corrected chi connectivity index (χ4v) is 3.59. The predicted octanol–water partition coefficient (Wildman–Crippen LogP) is 2.37. The summed E-state index contributed by atoms with van der Waals surface area (Å²) in [5.41, 5.74) is 1.58. The van der Waals surface area contributed by atoms with E-state index in [2.05, 4.69) is 20.9 Å². The Balaban J connectivity index is 1.70. The molecule has 1 amide bonds. The van der Waals surface area contributed by atoms with Gasteiger partial charge >= 0.3 is 0 Å². The molecule has 2 radical (unpaired) electrons. The smallest absolute Gasteiger partial charge is 0.254 e.